The quantitative estimate of drug-likeness (QED) is 0.869. The first kappa shape index (κ1) is 15.5. The number of hydrogen-bond donors (Lipinski definition) is 1. The van der Waals surface area contributed by atoms with Crippen LogP contribution in [0.15, 0.2) is 16.8 Å². The zero-order valence-electron chi connectivity index (χ0n) is 11.8. The summed E-state index contributed by atoms with van der Waals surface area (Å²) < 4.78 is 0. The van der Waals surface area contributed by atoms with E-state index in [0.717, 1.165) is 18.6 Å². The van der Waals surface area contributed by atoms with Crippen LogP contribution in [0.4, 0.5) is 0 Å². The van der Waals surface area contributed by atoms with Gasteiger partial charge < -0.3 is 5.32 Å². The normalized spacial score (nSPS) is 20.4. The van der Waals surface area contributed by atoms with Crippen molar-refractivity contribution in [3.8, 4) is 0 Å². The Morgan fingerprint density at radius 3 is 3.00 bits per heavy atom. The van der Waals surface area contributed by atoms with Crippen molar-refractivity contribution in [1.82, 2.24) is 10.2 Å². The van der Waals surface area contributed by atoms with Crippen LogP contribution in [0, 0.1) is 0 Å². The molecule has 1 saturated heterocycles. The first-order chi connectivity index (χ1) is 9.56. The molecule has 1 fully saturated rings. The second-order valence-electron chi connectivity index (χ2n) is 5.18. The first-order valence-electron chi connectivity index (χ1n) is 6.73. The number of rotatable bonds is 6. The number of amides is 1. The summed E-state index contributed by atoms with van der Waals surface area (Å²) in [5, 5.41) is 7.12. The molecule has 2 rings (SSSR count). The van der Waals surface area contributed by atoms with Crippen molar-refractivity contribution >= 4 is 34.1 Å². The average molecular weight is 312 g/mol. The van der Waals surface area contributed by atoms with Gasteiger partial charge in [0.15, 0.2) is 0 Å². The predicted molar refractivity (Wildman–Crippen MR) is 84.1 cm³/mol. The van der Waals surface area contributed by atoms with Crippen LogP contribution >= 0.6 is 23.1 Å². The zero-order chi connectivity index (χ0) is 14.5. The molecule has 20 heavy (non-hydrogen) atoms. The van der Waals surface area contributed by atoms with Crippen LogP contribution in [0.2, 0.25) is 0 Å². The Labute approximate surface area is 127 Å². The molecular weight excluding hydrogens is 292 g/mol. The van der Waals surface area contributed by atoms with Crippen molar-refractivity contribution in [3.05, 3.63) is 22.4 Å². The predicted octanol–water partition coefficient (Wildman–Crippen LogP) is 1.76. The standard InChI is InChI=1S/C14H20N2O2S2/c1-10(7-11-3-5-19-9-11)16(2)8-13(17)15-12-4-6-20-14(12)18/h3,5,9-10,12H,4,6-8H2,1-2H3,(H,15,17)/t10-,12-/m0/s1. The van der Waals surface area contributed by atoms with E-state index < -0.39 is 0 Å². The molecule has 0 bridgehead atoms. The van der Waals surface area contributed by atoms with Gasteiger partial charge in [-0.1, -0.05) is 11.8 Å². The molecule has 0 unspecified atom stereocenters. The van der Waals surface area contributed by atoms with E-state index in [-0.39, 0.29) is 17.1 Å². The number of likely N-dealkylation sites (N-methyl/N-ethyl adjacent to an activating group) is 1. The number of carbonyl (C=O) groups is 2. The van der Waals surface area contributed by atoms with Crippen LogP contribution < -0.4 is 5.32 Å². The molecule has 6 heteroatoms. The molecule has 1 amide bonds. The van der Waals surface area contributed by atoms with Gasteiger partial charge in [-0.2, -0.15) is 11.3 Å². The monoisotopic (exact) mass is 312 g/mol. The molecule has 2 atom stereocenters. The lowest BCUT2D eigenvalue weighted by molar-refractivity contribution is -0.125. The van der Waals surface area contributed by atoms with E-state index in [1.54, 1.807) is 11.3 Å². The number of carbonyl (C=O) groups excluding carboxylic acids is 2. The molecule has 110 valence electrons. The van der Waals surface area contributed by atoms with E-state index >= 15 is 0 Å². The molecule has 1 N–H and O–H groups in total. The summed E-state index contributed by atoms with van der Waals surface area (Å²) in [7, 11) is 1.95. The van der Waals surface area contributed by atoms with Crippen molar-refractivity contribution in [3.63, 3.8) is 0 Å². The highest BCUT2D eigenvalue weighted by Gasteiger charge is 2.27. The third-order valence-electron chi connectivity index (χ3n) is 3.53. The lowest BCUT2D eigenvalue weighted by Crippen LogP contribution is -2.45. The highest BCUT2D eigenvalue weighted by molar-refractivity contribution is 8.14. The van der Waals surface area contributed by atoms with Crippen LogP contribution in [0.5, 0.6) is 0 Å². The van der Waals surface area contributed by atoms with E-state index in [9.17, 15) is 9.59 Å². The number of thioether (sulfide) groups is 1. The molecule has 0 saturated carbocycles. The molecule has 0 aliphatic carbocycles. The average Bonchev–Trinajstić information content (AvgIpc) is 3.02. The van der Waals surface area contributed by atoms with Crippen LogP contribution in [-0.2, 0) is 16.0 Å². The Morgan fingerprint density at radius 1 is 1.60 bits per heavy atom. The maximum absolute atomic E-state index is 11.9. The van der Waals surface area contributed by atoms with E-state index in [0.29, 0.717) is 12.6 Å². The molecule has 0 spiro atoms. The smallest absolute Gasteiger partial charge is 0.234 e. The molecule has 0 aromatic carbocycles. The minimum absolute atomic E-state index is 0.0643. The van der Waals surface area contributed by atoms with Gasteiger partial charge in [-0.25, -0.2) is 0 Å². The van der Waals surface area contributed by atoms with Gasteiger partial charge >= 0.3 is 0 Å². The number of nitrogens with one attached hydrogen (secondary N) is 1. The second-order valence-corrected chi connectivity index (χ2v) is 7.06. The Morgan fingerprint density at radius 2 is 2.40 bits per heavy atom. The molecule has 1 aromatic heterocycles. The molecule has 2 heterocycles. The SMILES string of the molecule is C[C@@H](Cc1ccsc1)N(C)CC(=O)N[C@H]1CCSC1=O. The third-order valence-corrected chi connectivity index (χ3v) is 5.27. The van der Waals surface area contributed by atoms with Gasteiger partial charge in [-0.3, -0.25) is 14.5 Å². The van der Waals surface area contributed by atoms with Gasteiger partial charge in [0.25, 0.3) is 0 Å². The number of hydrogen-bond acceptors (Lipinski definition) is 5. The fourth-order valence-corrected chi connectivity index (χ4v) is 3.77. The lowest BCUT2D eigenvalue weighted by Gasteiger charge is -2.24. The Bertz CT molecular complexity index is 462. The summed E-state index contributed by atoms with van der Waals surface area (Å²) in [6.45, 7) is 2.45. The largest absolute Gasteiger partial charge is 0.344 e. The minimum atomic E-state index is -0.284. The van der Waals surface area contributed by atoms with E-state index in [1.165, 1.54) is 17.3 Å². The molecule has 1 aromatic rings. The van der Waals surface area contributed by atoms with Gasteiger partial charge in [0.2, 0.25) is 11.0 Å². The number of thiophene rings is 1. The summed E-state index contributed by atoms with van der Waals surface area (Å²) in [5.74, 6) is 0.749. The highest BCUT2D eigenvalue weighted by atomic mass is 32.2. The topological polar surface area (TPSA) is 49.4 Å². The van der Waals surface area contributed by atoms with Crippen molar-refractivity contribution in [1.29, 1.82) is 0 Å². The van der Waals surface area contributed by atoms with Gasteiger partial charge in [0.1, 0.15) is 0 Å². The van der Waals surface area contributed by atoms with E-state index in [2.05, 4.69) is 29.1 Å². The van der Waals surface area contributed by atoms with Crippen molar-refractivity contribution in [2.75, 3.05) is 19.3 Å². The number of nitrogens with zero attached hydrogens (tertiary/aromatic N) is 1. The summed E-state index contributed by atoms with van der Waals surface area (Å²) in [6, 6.07) is 2.13. The summed E-state index contributed by atoms with van der Waals surface area (Å²) >= 11 is 3.00. The molecule has 1 aliphatic rings. The van der Waals surface area contributed by atoms with Gasteiger partial charge in [0.05, 0.1) is 12.6 Å². The summed E-state index contributed by atoms with van der Waals surface area (Å²) in [4.78, 5) is 25.5. The summed E-state index contributed by atoms with van der Waals surface area (Å²) in [6.07, 6.45) is 1.69. The molecule has 0 radical (unpaired) electrons. The van der Waals surface area contributed by atoms with Crippen LogP contribution in [-0.4, -0.2) is 47.4 Å². The van der Waals surface area contributed by atoms with Gasteiger partial charge in [-0.05, 0) is 49.2 Å². The second kappa shape index (κ2) is 7.24. The molecular formula is C14H20N2O2S2. The van der Waals surface area contributed by atoms with Crippen LogP contribution in [0.3, 0.4) is 0 Å². The third kappa shape index (κ3) is 4.33. The fourth-order valence-electron chi connectivity index (χ4n) is 2.15. The van der Waals surface area contributed by atoms with Gasteiger partial charge in [0, 0.05) is 11.8 Å². The lowest BCUT2D eigenvalue weighted by atomic mass is 10.1. The Balaban J connectivity index is 1.76. The maximum atomic E-state index is 11.9. The van der Waals surface area contributed by atoms with Crippen LogP contribution in [0.25, 0.3) is 0 Å². The van der Waals surface area contributed by atoms with Crippen LogP contribution in [0.1, 0.15) is 18.9 Å². The highest BCUT2D eigenvalue weighted by Crippen LogP contribution is 2.19. The molecule has 1 aliphatic heterocycles. The summed E-state index contributed by atoms with van der Waals surface area (Å²) in [5.41, 5.74) is 1.30. The Hall–Kier alpha value is -0.850. The molecule has 4 nitrogen and oxygen atoms in total. The minimum Gasteiger partial charge on any atom is -0.344 e. The van der Waals surface area contributed by atoms with Crippen molar-refractivity contribution < 1.29 is 9.59 Å². The zero-order valence-corrected chi connectivity index (χ0v) is 13.4. The van der Waals surface area contributed by atoms with Crippen molar-refractivity contribution in [2.45, 2.75) is 31.8 Å². The van der Waals surface area contributed by atoms with Gasteiger partial charge in [-0.15, -0.1) is 0 Å². The Kier molecular flexibility index (Phi) is 5.63. The maximum Gasteiger partial charge on any atom is 0.234 e. The van der Waals surface area contributed by atoms with E-state index in [1.807, 2.05) is 11.9 Å². The first-order valence-corrected chi connectivity index (χ1v) is 8.66. The van der Waals surface area contributed by atoms with E-state index in [4.69, 9.17) is 0 Å². The van der Waals surface area contributed by atoms with Crippen molar-refractivity contribution in [2.24, 2.45) is 0 Å². The fraction of sp³-hybridized carbons (Fsp3) is 0.571.